The van der Waals surface area contributed by atoms with Crippen LogP contribution in [0.3, 0.4) is 0 Å². The van der Waals surface area contributed by atoms with E-state index in [1.165, 1.54) is 25.3 Å². The summed E-state index contributed by atoms with van der Waals surface area (Å²) in [7, 11) is -5.10. The zero-order valence-electron chi connectivity index (χ0n) is 31.2. The van der Waals surface area contributed by atoms with Gasteiger partial charge in [-0.05, 0) is 76.2 Å². The second-order valence-electron chi connectivity index (χ2n) is 15.2. The normalized spacial score (nSPS) is 17.0. The van der Waals surface area contributed by atoms with E-state index in [-0.39, 0.29) is 39.6 Å². The first kappa shape index (κ1) is 42.6. The van der Waals surface area contributed by atoms with Crippen molar-refractivity contribution in [1.29, 1.82) is 0 Å². The number of oxime groups is 1. The quantitative estimate of drug-likeness (QED) is 0.0601. The predicted octanol–water partition coefficient (Wildman–Crippen LogP) is 3.08. The molecule has 4 amide bonds. The number of ether oxygens (including phenoxy) is 3. The van der Waals surface area contributed by atoms with Gasteiger partial charge in [-0.1, -0.05) is 10.3 Å². The molecule has 3 rings (SSSR count). The first-order valence-corrected chi connectivity index (χ1v) is 18.3. The van der Waals surface area contributed by atoms with Crippen LogP contribution in [0.4, 0.5) is 14.7 Å². The molecule has 20 nitrogen and oxygen atoms in total. The first-order valence-electron chi connectivity index (χ1n) is 16.0. The molecular weight excluding hydrogens is 743 g/mol. The van der Waals surface area contributed by atoms with E-state index in [1.807, 2.05) is 0 Å². The van der Waals surface area contributed by atoms with Crippen LogP contribution in [0.15, 0.2) is 21.1 Å². The van der Waals surface area contributed by atoms with Crippen molar-refractivity contribution in [2.75, 3.05) is 5.32 Å². The molecule has 0 aliphatic carbocycles. The Hall–Kier alpha value is -4.83. The highest BCUT2D eigenvalue weighted by atomic mass is 32.2. The van der Waals surface area contributed by atoms with Crippen LogP contribution < -0.4 is 16.0 Å². The molecule has 2 atom stereocenters. The van der Waals surface area contributed by atoms with Gasteiger partial charge in [0.2, 0.25) is 5.60 Å². The third-order valence-electron chi connectivity index (χ3n) is 6.36. The van der Waals surface area contributed by atoms with Crippen molar-refractivity contribution < 1.29 is 60.5 Å². The fraction of sp³-hybridized carbons (Fsp3) is 0.613. The molecule has 1 saturated heterocycles. The minimum Gasteiger partial charge on any atom is -0.457 e. The van der Waals surface area contributed by atoms with E-state index in [9.17, 15) is 36.9 Å². The summed E-state index contributed by atoms with van der Waals surface area (Å²) in [5, 5.41) is 16.3. The lowest BCUT2D eigenvalue weighted by atomic mass is 9.93. The summed E-state index contributed by atoms with van der Waals surface area (Å²) in [6, 6.07) is -1.60. The Labute approximate surface area is 310 Å². The molecule has 53 heavy (non-hydrogen) atoms. The summed E-state index contributed by atoms with van der Waals surface area (Å²) < 4.78 is 55.3. The third kappa shape index (κ3) is 12.7. The maximum absolute atomic E-state index is 13.8. The van der Waals surface area contributed by atoms with Crippen molar-refractivity contribution in [2.24, 2.45) is 5.16 Å². The van der Waals surface area contributed by atoms with Gasteiger partial charge in [-0.2, -0.15) is 8.42 Å². The number of amides is 4. The SMILES string of the molecule is CC(C)(C)OC(=O)NCc1cc(C[C@@H]2[C@H](NC(=O)/C(=N/OC(C)(C)C(=O)OC(C)(C)C)c3csc(NC(=O)OC(C)(C)C)n3)C(=O)N2S(=O)(=O)O)no1. The number of thiazole rings is 1. The number of anilines is 1. The van der Waals surface area contributed by atoms with Gasteiger partial charge in [0.05, 0.1) is 18.3 Å². The maximum atomic E-state index is 13.8. The molecule has 0 radical (unpaired) electrons. The number of carbonyl (C=O) groups is 5. The van der Waals surface area contributed by atoms with E-state index < -0.39 is 80.5 Å². The molecule has 3 heterocycles. The van der Waals surface area contributed by atoms with Gasteiger partial charge in [0.15, 0.2) is 16.6 Å². The van der Waals surface area contributed by atoms with Crippen molar-refractivity contribution >= 4 is 62.5 Å². The lowest BCUT2D eigenvalue weighted by Gasteiger charge is -2.43. The topological polar surface area (TPSA) is 267 Å². The Kier molecular flexibility index (Phi) is 12.6. The Bertz CT molecular complexity index is 1850. The summed E-state index contributed by atoms with van der Waals surface area (Å²) in [4.78, 5) is 73.7. The minimum atomic E-state index is -5.10. The second kappa shape index (κ2) is 15.6. The minimum absolute atomic E-state index is 0.0145. The van der Waals surface area contributed by atoms with Crippen molar-refractivity contribution in [3.05, 3.63) is 28.6 Å². The Morgan fingerprint density at radius 3 is 2.11 bits per heavy atom. The summed E-state index contributed by atoms with van der Waals surface area (Å²) in [5.41, 5.74) is -4.87. The van der Waals surface area contributed by atoms with Gasteiger partial charge in [0.1, 0.15) is 28.5 Å². The van der Waals surface area contributed by atoms with Crippen LogP contribution in [0.25, 0.3) is 0 Å². The highest BCUT2D eigenvalue weighted by Gasteiger charge is 2.54. The van der Waals surface area contributed by atoms with Gasteiger partial charge >= 0.3 is 28.5 Å². The van der Waals surface area contributed by atoms with Gasteiger partial charge < -0.3 is 34.2 Å². The number of β-lactam (4-membered cyclic amide) rings is 1. The van der Waals surface area contributed by atoms with Gasteiger partial charge in [0.25, 0.3) is 11.8 Å². The van der Waals surface area contributed by atoms with Crippen LogP contribution in [-0.4, -0.2) is 97.6 Å². The van der Waals surface area contributed by atoms with Crippen molar-refractivity contribution in [3.8, 4) is 0 Å². The molecular formula is C31H45N7O13S2. The highest BCUT2D eigenvalue weighted by Crippen LogP contribution is 2.28. The lowest BCUT2D eigenvalue weighted by molar-refractivity contribution is -0.179. The Morgan fingerprint density at radius 2 is 1.55 bits per heavy atom. The van der Waals surface area contributed by atoms with E-state index >= 15 is 0 Å². The molecule has 1 aliphatic rings. The molecule has 22 heteroatoms. The van der Waals surface area contributed by atoms with Crippen LogP contribution in [0.5, 0.6) is 0 Å². The molecule has 1 aliphatic heterocycles. The third-order valence-corrected chi connectivity index (χ3v) is 8.07. The molecule has 1 fully saturated rings. The number of nitrogens with zero attached hydrogens (tertiary/aromatic N) is 4. The smallest absolute Gasteiger partial charge is 0.413 e. The van der Waals surface area contributed by atoms with Crippen LogP contribution in [0.2, 0.25) is 0 Å². The van der Waals surface area contributed by atoms with Gasteiger partial charge in [-0.25, -0.2) is 23.7 Å². The summed E-state index contributed by atoms with van der Waals surface area (Å²) in [6.45, 7) is 17.4. The van der Waals surface area contributed by atoms with E-state index in [1.54, 1.807) is 62.3 Å². The molecule has 4 N–H and O–H groups in total. The number of hydrogen-bond acceptors (Lipinski definition) is 16. The Morgan fingerprint density at radius 1 is 0.962 bits per heavy atom. The van der Waals surface area contributed by atoms with Crippen LogP contribution in [0.1, 0.15) is 93.3 Å². The number of carbonyl (C=O) groups excluding carboxylic acids is 5. The van der Waals surface area contributed by atoms with Crippen molar-refractivity contribution in [2.45, 2.75) is 124 Å². The first-order chi connectivity index (χ1) is 24.0. The molecule has 294 valence electrons. The highest BCUT2D eigenvalue weighted by molar-refractivity contribution is 7.84. The fourth-order valence-electron chi connectivity index (χ4n) is 4.23. The van der Waals surface area contributed by atoms with Crippen LogP contribution in [-0.2, 0) is 56.7 Å². The molecule has 0 bridgehead atoms. The maximum Gasteiger partial charge on any atom is 0.413 e. The lowest BCUT2D eigenvalue weighted by Crippen LogP contribution is -2.73. The van der Waals surface area contributed by atoms with Crippen molar-refractivity contribution in [3.63, 3.8) is 0 Å². The molecule has 2 aromatic rings. The monoisotopic (exact) mass is 787 g/mol. The number of aromatic nitrogens is 2. The molecule has 0 saturated carbocycles. The molecule has 2 aromatic heterocycles. The van der Waals surface area contributed by atoms with Gasteiger partial charge in [0, 0.05) is 17.9 Å². The van der Waals surface area contributed by atoms with Crippen LogP contribution in [0, 0.1) is 0 Å². The average Bonchev–Trinajstić information content (AvgIpc) is 3.60. The van der Waals surface area contributed by atoms with Gasteiger partial charge in [-0.3, -0.25) is 19.5 Å². The number of hydrogen-bond donors (Lipinski definition) is 4. The van der Waals surface area contributed by atoms with Gasteiger partial charge in [-0.15, -0.1) is 11.3 Å². The average molecular weight is 788 g/mol. The Balaban J connectivity index is 1.89. The van der Waals surface area contributed by atoms with Crippen molar-refractivity contribution in [1.82, 2.24) is 25.1 Å². The zero-order valence-corrected chi connectivity index (χ0v) is 32.8. The largest absolute Gasteiger partial charge is 0.457 e. The number of esters is 1. The second-order valence-corrected chi connectivity index (χ2v) is 17.3. The summed E-state index contributed by atoms with van der Waals surface area (Å²) >= 11 is 0.882. The standard InChI is InChI=1S/C31H45N7O13S2/c1-28(2,3)47-24(41)31(10,11)51-37-20(18-15-52-25(33-18)35-27(43)49-30(7,8)9)22(39)34-21-19(38(23(21)40)53(44,45)46)13-16-12-17(50-36-16)14-32-26(42)48-29(4,5)6/h12,15,19,21H,13-14H2,1-11H3,(H,32,42)(H,34,39)(H,33,35,43)(H,44,45,46)/b37-20+/t19-,21+/m1/s1. The van der Waals surface area contributed by atoms with E-state index in [0.29, 0.717) is 0 Å². The van der Waals surface area contributed by atoms with E-state index in [0.717, 1.165) is 11.3 Å². The molecule has 0 spiro atoms. The van der Waals surface area contributed by atoms with E-state index in [2.05, 4.69) is 31.2 Å². The molecule has 0 aromatic carbocycles. The van der Waals surface area contributed by atoms with Crippen LogP contribution >= 0.6 is 11.3 Å². The zero-order chi connectivity index (χ0) is 40.3. The summed E-state index contributed by atoms with van der Waals surface area (Å²) in [5.74, 6) is -2.99. The number of alkyl carbamates (subject to hydrolysis) is 1. The summed E-state index contributed by atoms with van der Waals surface area (Å²) in [6.07, 6.45) is -1.92. The number of rotatable bonds is 12. The number of nitrogens with one attached hydrogen (secondary N) is 3. The fourth-order valence-corrected chi connectivity index (χ4v) is 5.79. The predicted molar refractivity (Wildman–Crippen MR) is 187 cm³/mol. The molecule has 0 unspecified atom stereocenters. The van der Waals surface area contributed by atoms with E-state index in [4.69, 9.17) is 23.6 Å².